The van der Waals surface area contributed by atoms with Crippen molar-refractivity contribution in [3.63, 3.8) is 0 Å². The molecule has 2 nitrogen and oxygen atoms in total. The third kappa shape index (κ3) is 3.45. The quantitative estimate of drug-likeness (QED) is 0.525. The molecule has 0 aliphatic rings. The van der Waals surface area contributed by atoms with Crippen molar-refractivity contribution in [2.24, 2.45) is 11.7 Å². The van der Waals surface area contributed by atoms with Gasteiger partial charge in [0.1, 0.15) is 0 Å². The van der Waals surface area contributed by atoms with Crippen LogP contribution in [0, 0.1) is 5.92 Å². The summed E-state index contributed by atoms with van der Waals surface area (Å²) < 4.78 is 0. The van der Waals surface area contributed by atoms with Crippen molar-refractivity contribution in [3.05, 3.63) is 23.3 Å². The van der Waals surface area contributed by atoms with E-state index in [-0.39, 0.29) is 5.91 Å². The number of hydrogen-bond donors (Lipinski definition) is 1. The molecule has 0 saturated heterocycles. The van der Waals surface area contributed by atoms with E-state index in [0.29, 0.717) is 11.5 Å². The van der Waals surface area contributed by atoms with Gasteiger partial charge in [0.2, 0.25) is 5.91 Å². The monoisotopic (exact) mass is 181 g/mol. The lowest BCUT2D eigenvalue weighted by Gasteiger charge is -2.12. The molecule has 0 unspecified atom stereocenters. The van der Waals surface area contributed by atoms with E-state index < -0.39 is 0 Å². The third-order valence-electron chi connectivity index (χ3n) is 2.02. The van der Waals surface area contributed by atoms with Gasteiger partial charge in [-0.3, -0.25) is 4.79 Å². The van der Waals surface area contributed by atoms with E-state index in [1.54, 1.807) is 6.08 Å². The van der Waals surface area contributed by atoms with Crippen LogP contribution in [0.1, 0.15) is 34.1 Å². The minimum absolute atomic E-state index is 0.330. The normalized spacial score (nSPS) is 13.6. The van der Waals surface area contributed by atoms with Crippen LogP contribution in [0.25, 0.3) is 0 Å². The molecule has 1 amide bonds. The van der Waals surface area contributed by atoms with Crippen LogP contribution in [-0.4, -0.2) is 5.91 Å². The third-order valence-corrected chi connectivity index (χ3v) is 2.02. The van der Waals surface area contributed by atoms with E-state index in [9.17, 15) is 4.79 Å². The SMILES string of the molecule is C/C=C\C(C(N)=O)=C(/CC)C(C)C. The first-order valence-electron chi connectivity index (χ1n) is 4.70. The summed E-state index contributed by atoms with van der Waals surface area (Å²) in [6, 6.07) is 0. The molecule has 0 saturated carbocycles. The highest BCUT2D eigenvalue weighted by Gasteiger charge is 2.10. The van der Waals surface area contributed by atoms with Gasteiger partial charge >= 0.3 is 0 Å². The summed E-state index contributed by atoms with van der Waals surface area (Å²) >= 11 is 0. The number of amides is 1. The molecular weight excluding hydrogens is 162 g/mol. The van der Waals surface area contributed by atoms with E-state index in [0.717, 1.165) is 12.0 Å². The molecule has 0 bridgehead atoms. The Morgan fingerprint density at radius 1 is 1.46 bits per heavy atom. The van der Waals surface area contributed by atoms with Gasteiger partial charge in [-0.2, -0.15) is 0 Å². The van der Waals surface area contributed by atoms with Crippen LogP contribution >= 0.6 is 0 Å². The molecule has 2 N–H and O–H groups in total. The Morgan fingerprint density at radius 2 is 2.00 bits per heavy atom. The average molecular weight is 181 g/mol. The van der Waals surface area contributed by atoms with Crippen LogP contribution in [0.2, 0.25) is 0 Å². The summed E-state index contributed by atoms with van der Waals surface area (Å²) in [5.74, 6) is 0.0485. The fourth-order valence-electron chi connectivity index (χ4n) is 1.42. The first-order chi connectivity index (χ1) is 6.04. The molecule has 0 heterocycles. The molecule has 74 valence electrons. The predicted octanol–water partition coefficient (Wildman–Crippen LogP) is 2.41. The summed E-state index contributed by atoms with van der Waals surface area (Å²) in [6.07, 6.45) is 4.51. The molecule has 0 fully saturated rings. The summed E-state index contributed by atoms with van der Waals surface area (Å²) in [5, 5.41) is 0. The minimum Gasteiger partial charge on any atom is -0.366 e. The van der Waals surface area contributed by atoms with Crippen molar-refractivity contribution in [2.45, 2.75) is 34.1 Å². The Morgan fingerprint density at radius 3 is 2.23 bits per heavy atom. The highest BCUT2D eigenvalue weighted by molar-refractivity contribution is 5.95. The lowest BCUT2D eigenvalue weighted by atomic mass is 9.94. The smallest absolute Gasteiger partial charge is 0.248 e. The van der Waals surface area contributed by atoms with Gasteiger partial charge in [-0.15, -0.1) is 0 Å². The Labute approximate surface area is 80.5 Å². The van der Waals surface area contributed by atoms with E-state index in [4.69, 9.17) is 5.73 Å². The number of carbonyl (C=O) groups excluding carboxylic acids is 1. The van der Waals surface area contributed by atoms with E-state index in [1.807, 2.05) is 19.9 Å². The first kappa shape index (κ1) is 11.9. The van der Waals surface area contributed by atoms with Crippen molar-refractivity contribution in [1.82, 2.24) is 0 Å². The minimum atomic E-state index is -0.330. The molecule has 13 heavy (non-hydrogen) atoms. The van der Waals surface area contributed by atoms with E-state index in [2.05, 4.69) is 13.8 Å². The van der Waals surface area contributed by atoms with Gasteiger partial charge < -0.3 is 5.73 Å². The summed E-state index contributed by atoms with van der Waals surface area (Å²) in [5.41, 5.74) is 7.09. The van der Waals surface area contributed by atoms with Crippen molar-refractivity contribution < 1.29 is 4.79 Å². The van der Waals surface area contributed by atoms with Crippen LogP contribution in [0.3, 0.4) is 0 Å². The van der Waals surface area contributed by atoms with Crippen LogP contribution in [0.15, 0.2) is 23.3 Å². The second kappa shape index (κ2) is 5.57. The Bertz CT molecular complexity index is 236. The molecule has 0 rings (SSSR count). The highest BCUT2D eigenvalue weighted by atomic mass is 16.1. The Hall–Kier alpha value is -1.05. The lowest BCUT2D eigenvalue weighted by molar-refractivity contribution is -0.114. The number of nitrogens with two attached hydrogens (primary N) is 1. The largest absolute Gasteiger partial charge is 0.366 e. The van der Waals surface area contributed by atoms with Crippen molar-refractivity contribution in [1.29, 1.82) is 0 Å². The number of hydrogen-bond acceptors (Lipinski definition) is 1. The van der Waals surface area contributed by atoms with Crippen molar-refractivity contribution in [3.8, 4) is 0 Å². The van der Waals surface area contributed by atoms with Gasteiger partial charge in [-0.05, 0) is 19.3 Å². The fourth-order valence-corrected chi connectivity index (χ4v) is 1.42. The van der Waals surface area contributed by atoms with E-state index in [1.165, 1.54) is 0 Å². The maximum Gasteiger partial charge on any atom is 0.248 e. The average Bonchev–Trinajstić information content (AvgIpc) is 2.03. The maximum atomic E-state index is 11.1. The summed E-state index contributed by atoms with van der Waals surface area (Å²) in [6.45, 7) is 8.08. The fraction of sp³-hybridized carbons (Fsp3) is 0.545. The number of carbonyl (C=O) groups is 1. The van der Waals surface area contributed by atoms with Gasteiger partial charge in [-0.25, -0.2) is 0 Å². The van der Waals surface area contributed by atoms with Gasteiger partial charge in [-0.1, -0.05) is 38.5 Å². The molecule has 0 aliphatic carbocycles. The van der Waals surface area contributed by atoms with Gasteiger partial charge in [0, 0.05) is 5.57 Å². The molecule has 0 aromatic heterocycles. The van der Waals surface area contributed by atoms with Crippen LogP contribution < -0.4 is 5.73 Å². The second-order valence-electron chi connectivity index (χ2n) is 3.31. The van der Waals surface area contributed by atoms with Gasteiger partial charge in [0.05, 0.1) is 0 Å². The van der Waals surface area contributed by atoms with Crippen LogP contribution in [0.4, 0.5) is 0 Å². The molecule has 0 aromatic rings. The maximum absolute atomic E-state index is 11.1. The standard InChI is InChI=1S/C11H19NO/c1-5-7-10(11(12)13)9(6-2)8(3)4/h5,7-8H,6H2,1-4H3,(H2,12,13)/b7-5-,10-9-. The molecule has 0 spiro atoms. The second-order valence-corrected chi connectivity index (χ2v) is 3.31. The van der Waals surface area contributed by atoms with Crippen molar-refractivity contribution in [2.75, 3.05) is 0 Å². The zero-order chi connectivity index (χ0) is 10.4. The number of rotatable bonds is 4. The predicted molar refractivity (Wildman–Crippen MR) is 56.2 cm³/mol. The van der Waals surface area contributed by atoms with Gasteiger partial charge in [0.25, 0.3) is 0 Å². The molecule has 2 heteroatoms. The zero-order valence-electron chi connectivity index (χ0n) is 8.92. The molecule has 0 aromatic carbocycles. The van der Waals surface area contributed by atoms with Crippen LogP contribution in [0.5, 0.6) is 0 Å². The van der Waals surface area contributed by atoms with Crippen LogP contribution in [-0.2, 0) is 4.79 Å². The number of allylic oxidation sites excluding steroid dienone is 2. The Balaban J connectivity index is 5.13. The molecule has 0 aliphatic heterocycles. The first-order valence-corrected chi connectivity index (χ1v) is 4.70. The highest BCUT2D eigenvalue weighted by Crippen LogP contribution is 2.19. The Kier molecular flexibility index (Phi) is 5.12. The zero-order valence-corrected chi connectivity index (χ0v) is 8.92. The molecular formula is C11H19NO. The molecule has 0 radical (unpaired) electrons. The van der Waals surface area contributed by atoms with E-state index >= 15 is 0 Å². The lowest BCUT2D eigenvalue weighted by Crippen LogP contribution is -2.16. The topological polar surface area (TPSA) is 43.1 Å². The summed E-state index contributed by atoms with van der Waals surface area (Å²) in [4.78, 5) is 11.1. The number of primary amides is 1. The van der Waals surface area contributed by atoms with Gasteiger partial charge in [0.15, 0.2) is 0 Å². The van der Waals surface area contributed by atoms with Crippen molar-refractivity contribution >= 4 is 5.91 Å². The molecule has 0 atom stereocenters. The summed E-state index contributed by atoms with van der Waals surface area (Å²) in [7, 11) is 0.